The van der Waals surface area contributed by atoms with E-state index in [1.807, 2.05) is 0 Å². The van der Waals surface area contributed by atoms with Crippen LogP contribution in [-0.4, -0.2) is 17.0 Å². The van der Waals surface area contributed by atoms with Gasteiger partial charge in [-0.3, -0.25) is 0 Å². The zero-order chi connectivity index (χ0) is 20.8. The van der Waals surface area contributed by atoms with E-state index < -0.39 is 5.79 Å². The Morgan fingerprint density at radius 1 is 0.704 bits per heavy atom. The van der Waals surface area contributed by atoms with Crippen molar-refractivity contribution in [1.29, 1.82) is 0 Å². The van der Waals surface area contributed by atoms with E-state index >= 15 is 0 Å². The first-order valence-corrected chi connectivity index (χ1v) is 11.4. The van der Waals surface area contributed by atoms with E-state index in [0.29, 0.717) is 0 Å². The van der Waals surface area contributed by atoms with Crippen LogP contribution in [0.1, 0.15) is 120 Å². The molecular weight excluding hydrogens is 340 g/mol. The van der Waals surface area contributed by atoms with Gasteiger partial charge in [-0.2, -0.15) is 9.78 Å². The molecule has 1 saturated carbocycles. The fraction of sp³-hybridized carbons (Fsp3) is 1.00. The van der Waals surface area contributed by atoms with Gasteiger partial charge in [0.05, 0.1) is 0 Å². The van der Waals surface area contributed by atoms with Crippen LogP contribution in [0.25, 0.3) is 0 Å². The molecule has 1 aliphatic rings. The van der Waals surface area contributed by atoms with Gasteiger partial charge in [0, 0.05) is 12.3 Å². The van der Waals surface area contributed by atoms with E-state index in [1.165, 1.54) is 0 Å². The Kier molecular flexibility index (Phi) is 9.26. The summed E-state index contributed by atoms with van der Waals surface area (Å²) in [5.41, 5.74) is -0.435. The average molecular weight is 387 g/mol. The zero-order valence-corrected chi connectivity index (χ0v) is 19.6. The van der Waals surface area contributed by atoms with Crippen LogP contribution in [-0.2, 0) is 19.6 Å². The minimum atomic E-state index is -0.864. The van der Waals surface area contributed by atoms with E-state index in [0.717, 1.165) is 57.8 Å². The maximum Gasteiger partial charge on any atom is 0.237 e. The predicted octanol–water partition coefficient (Wildman–Crippen LogP) is 7.36. The third-order valence-corrected chi connectivity index (χ3v) is 7.76. The molecule has 0 amide bonds. The summed E-state index contributed by atoms with van der Waals surface area (Å²) in [4.78, 5) is 24.8. The molecule has 0 saturated heterocycles. The van der Waals surface area contributed by atoms with Gasteiger partial charge < -0.3 is 0 Å². The van der Waals surface area contributed by atoms with Crippen molar-refractivity contribution < 1.29 is 19.6 Å². The van der Waals surface area contributed by atoms with Crippen molar-refractivity contribution in [2.24, 2.45) is 11.3 Å². The molecule has 0 bridgehead atoms. The summed E-state index contributed by atoms with van der Waals surface area (Å²) < 4.78 is 0. The van der Waals surface area contributed by atoms with Gasteiger partial charge in [0.2, 0.25) is 5.79 Å². The topological polar surface area (TPSA) is 36.9 Å². The lowest BCUT2D eigenvalue weighted by atomic mass is 9.66. The van der Waals surface area contributed by atoms with E-state index in [4.69, 9.17) is 19.6 Å². The van der Waals surface area contributed by atoms with Gasteiger partial charge in [-0.1, -0.05) is 62.3 Å². The quantitative estimate of drug-likeness (QED) is 0.199. The van der Waals surface area contributed by atoms with Crippen LogP contribution < -0.4 is 0 Å². The predicted molar refractivity (Wildman–Crippen MR) is 111 cm³/mol. The molecule has 0 aliphatic heterocycles. The minimum Gasteiger partial charge on any atom is -0.227 e. The maximum atomic E-state index is 6.24. The molecule has 0 aromatic rings. The lowest BCUT2D eigenvalue weighted by Gasteiger charge is -2.49. The Morgan fingerprint density at radius 3 is 1.41 bits per heavy atom. The molecule has 1 rings (SSSR count). The summed E-state index contributed by atoms with van der Waals surface area (Å²) in [6, 6.07) is 0. The lowest BCUT2D eigenvalue weighted by Crippen LogP contribution is -2.54. The summed E-state index contributed by atoms with van der Waals surface area (Å²) in [5, 5.41) is 0. The van der Waals surface area contributed by atoms with Gasteiger partial charge in [0.25, 0.3) is 0 Å². The molecule has 4 nitrogen and oxygen atoms in total. The normalized spacial score (nSPS) is 22.8. The van der Waals surface area contributed by atoms with Crippen LogP contribution >= 0.6 is 0 Å². The molecule has 1 aliphatic carbocycles. The van der Waals surface area contributed by atoms with Gasteiger partial charge in [0.15, 0.2) is 0 Å². The smallest absolute Gasteiger partial charge is 0.227 e. The SMILES string of the molecule is CCC(CC)(CC)OOC1(OOC(CC)(CC)CC)CCCC(C)(C)C1C. The highest BCUT2D eigenvalue weighted by molar-refractivity contribution is 4.92. The summed E-state index contributed by atoms with van der Waals surface area (Å²) in [6.45, 7) is 19.7. The van der Waals surface area contributed by atoms with Crippen LogP contribution in [0, 0.1) is 11.3 Å². The first-order chi connectivity index (χ1) is 12.6. The number of rotatable bonds is 12. The Labute approximate surface area is 168 Å². The van der Waals surface area contributed by atoms with Gasteiger partial charge in [0.1, 0.15) is 11.2 Å². The number of hydrogen-bond donors (Lipinski definition) is 0. The van der Waals surface area contributed by atoms with E-state index in [1.54, 1.807) is 0 Å². The standard InChI is InChI=1S/C23H46O4/c1-10-21(11-2,12-3)24-26-23(18-16-17-20(8,9)19(23)7)27-25-22(13-4,14-5)15-6/h19H,10-18H2,1-9H3. The van der Waals surface area contributed by atoms with Crippen molar-refractivity contribution in [1.82, 2.24) is 0 Å². The summed E-state index contributed by atoms with van der Waals surface area (Å²) in [5.74, 6) is -0.706. The molecule has 0 radical (unpaired) electrons. The molecule has 1 fully saturated rings. The molecular formula is C23H46O4. The van der Waals surface area contributed by atoms with Crippen molar-refractivity contribution in [2.75, 3.05) is 0 Å². The lowest BCUT2D eigenvalue weighted by molar-refractivity contribution is -0.566. The van der Waals surface area contributed by atoms with Crippen LogP contribution in [0.5, 0.6) is 0 Å². The van der Waals surface area contributed by atoms with Crippen molar-refractivity contribution in [3.8, 4) is 0 Å². The minimum absolute atomic E-state index is 0.103. The second-order valence-corrected chi connectivity index (χ2v) is 9.20. The fourth-order valence-electron chi connectivity index (χ4n) is 4.23. The highest BCUT2D eigenvalue weighted by Crippen LogP contribution is 2.50. The molecule has 27 heavy (non-hydrogen) atoms. The Hall–Kier alpha value is -0.160. The first kappa shape index (κ1) is 24.9. The Morgan fingerprint density at radius 2 is 1.07 bits per heavy atom. The highest BCUT2D eigenvalue weighted by Gasteiger charge is 2.53. The summed E-state index contributed by atoms with van der Waals surface area (Å²) in [6.07, 6.45) is 8.47. The van der Waals surface area contributed by atoms with Gasteiger partial charge in [-0.05, 0) is 56.8 Å². The zero-order valence-electron chi connectivity index (χ0n) is 19.6. The molecule has 0 heterocycles. The average Bonchev–Trinajstić information content (AvgIpc) is 2.68. The van der Waals surface area contributed by atoms with Gasteiger partial charge >= 0.3 is 0 Å². The van der Waals surface area contributed by atoms with Crippen molar-refractivity contribution in [3.05, 3.63) is 0 Å². The second kappa shape index (κ2) is 10.0. The molecule has 1 atom stereocenters. The summed E-state index contributed by atoms with van der Waals surface area (Å²) >= 11 is 0. The molecule has 162 valence electrons. The highest BCUT2D eigenvalue weighted by atomic mass is 17.3. The second-order valence-electron chi connectivity index (χ2n) is 9.20. The number of hydrogen-bond acceptors (Lipinski definition) is 4. The van der Waals surface area contributed by atoms with E-state index in [9.17, 15) is 0 Å². The molecule has 0 aromatic heterocycles. The van der Waals surface area contributed by atoms with Gasteiger partial charge in [-0.15, -0.1) is 0 Å². The third kappa shape index (κ3) is 5.46. The van der Waals surface area contributed by atoms with E-state index in [2.05, 4.69) is 62.3 Å². The van der Waals surface area contributed by atoms with E-state index in [-0.39, 0.29) is 22.5 Å². The third-order valence-electron chi connectivity index (χ3n) is 7.76. The molecule has 1 unspecified atom stereocenters. The molecule has 0 spiro atoms. The molecule has 0 aromatic carbocycles. The Balaban J connectivity index is 3.10. The van der Waals surface area contributed by atoms with Crippen LogP contribution in [0.4, 0.5) is 0 Å². The molecule has 4 heteroatoms. The van der Waals surface area contributed by atoms with Crippen molar-refractivity contribution in [3.63, 3.8) is 0 Å². The van der Waals surface area contributed by atoms with Crippen molar-refractivity contribution >= 4 is 0 Å². The van der Waals surface area contributed by atoms with Gasteiger partial charge in [-0.25, -0.2) is 9.78 Å². The summed E-state index contributed by atoms with van der Waals surface area (Å²) in [7, 11) is 0. The fourth-order valence-corrected chi connectivity index (χ4v) is 4.23. The van der Waals surface area contributed by atoms with Crippen LogP contribution in [0.2, 0.25) is 0 Å². The van der Waals surface area contributed by atoms with Crippen LogP contribution in [0.3, 0.4) is 0 Å². The van der Waals surface area contributed by atoms with Crippen molar-refractivity contribution in [2.45, 2.75) is 137 Å². The Bertz CT molecular complexity index is 384. The monoisotopic (exact) mass is 386 g/mol. The largest absolute Gasteiger partial charge is 0.237 e. The maximum absolute atomic E-state index is 6.24. The first-order valence-electron chi connectivity index (χ1n) is 11.4. The van der Waals surface area contributed by atoms with Crippen LogP contribution in [0.15, 0.2) is 0 Å². The molecule has 0 N–H and O–H groups in total.